The van der Waals surface area contributed by atoms with Crippen molar-refractivity contribution >= 4 is 33.2 Å². The minimum absolute atomic E-state index is 1.11. The van der Waals surface area contributed by atoms with Crippen molar-refractivity contribution in [1.82, 2.24) is 4.57 Å². The summed E-state index contributed by atoms with van der Waals surface area (Å²) in [5.74, 6) is 0. The summed E-state index contributed by atoms with van der Waals surface area (Å²) in [5.41, 5.74) is 11.6. The minimum Gasteiger partial charge on any atom is -0.310 e. The van der Waals surface area contributed by atoms with E-state index in [1.807, 2.05) is 0 Å². The summed E-state index contributed by atoms with van der Waals surface area (Å²) in [6, 6.07) is 54.4. The van der Waals surface area contributed by atoms with Crippen LogP contribution < -0.4 is 4.90 Å². The van der Waals surface area contributed by atoms with Crippen molar-refractivity contribution in [3.05, 3.63) is 176 Å². The van der Waals surface area contributed by atoms with Crippen molar-refractivity contribution < 1.29 is 0 Å². The molecule has 44 heavy (non-hydrogen) atoms. The second-order valence-corrected chi connectivity index (χ2v) is 10.9. The van der Waals surface area contributed by atoms with Crippen molar-refractivity contribution in [1.29, 1.82) is 0 Å². The Morgan fingerprint density at radius 1 is 0.545 bits per heavy atom. The van der Waals surface area contributed by atoms with E-state index in [1.54, 1.807) is 0 Å². The zero-order valence-corrected chi connectivity index (χ0v) is 25.1. The largest absolute Gasteiger partial charge is 0.310 e. The summed E-state index contributed by atoms with van der Waals surface area (Å²) in [4.78, 5) is 2.37. The molecule has 212 valence electrons. The maximum absolute atomic E-state index is 2.39. The van der Waals surface area contributed by atoms with Crippen LogP contribution in [0.3, 0.4) is 0 Å². The SMILES string of the molecule is C/C=C\C(=C/C)N(c1ccc(-c2ccccc2)cc1)c1ccc(-n2c3ccccc3c3ccccc32)cc1-c1ccccc1. The van der Waals surface area contributed by atoms with Gasteiger partial charge >= 0.3 is 0 Å². The fourth-order valence-corrected chi connectivity index (χ4v) is 6.24. The molecule has 0 radical (unpaired) electrons. The third-order valence-corrected chi connectivity index (χ3v) is 8.27. The molecule has 6 aromatic carbocycles. The fourth-order valence-electron chi connectivity index (χ4n) is 6.24. The van der Waals surface area contributed by atoms with E-state index in [-0.39, 0.29) is 0 Å². The highest BCUT2D eigenvalue weighted by atomic mass is 15.1. The Morgan fingerprint density at radius 2 is 1.09 bits per heavy atom. The van der Waals surface area contributed by atoms with Crippen LogP contribution >= 0.6 is 0 Å². The molecule has 0 spiro atoms. The first-order chi connectivity index (χ1) is 21.8. The van der Waals surface area contributed by atoms with Gasteiger partial charge in [-0.25, -0.2) is 0 Å². The monoisotopic (exact) mass is 566 g/mol. The van der Waals surface area contributed by atoms with Gasteiger partial charge < -0.3 is 9.47 Å². The van der Waals surface area contributed by atoms with E-state index in [9.17, 15) is 0 Å². The lowest BCUT2D eigenvalue weighted by atomic mass is 10.00. The number of fused-ring (bicyclic) bond motifs is 3. The Balaban J connectivity index is 1.45. The van der Waals surface area contributed by atoms with Crippen molar-refractivity contribution in [3.63, 3.8) is 0 Å². The number of nitrogens with zero attached hydrogens (tertiary/aromatic N) is 2. The molecule has 0 aliphatic heterocycles. The van der Waals surface area contributed by atoms with E-state index in [0.717, 1.165) is 22.8 Å². The summed E-state index contributed by atoms with van der Waals surface area (Å²) in [6.07, 6.45) is 6.47. The molecule has 0 amide bonds. The first-order valence-electron chi connectivity index (χ1n) is 15.2. The van der Waals surface area contributed by atoms with E-state index in [1.165, 1.54) is 44.1 Å². The quantitative estimate of drug-likeness (QED) is 0.174. The first-order valence-corrected chi connectivity index (χ1v) is 15.2. The van der Waals surface area contributed by atoms with Crippen LogP contribution in [0.15, 0.2) is 176 Å². The van der Waals surface area contributed by atoms with Gasteiger partial charge in [-0.1, -0.05) is 121 Å². The molecule has 7 aromatic rings. The molecule has 1 heterocycles. The molecule has 0 aliphatic carbocycles. The van der Waals surface area contributed by atoms with E-state index in [2.05, 4.69) is 193 Å². The Bertz CT molecular complexity index is 2060. The van der Waals surface area contributed by atoms with Gasteiger partial charge in [0.2, 0.25) is 0 Å². The van der Waals surface area contributed by atoms with Crippen LogP contribution in [-0.2, 0) is 0 Å². The van der Waals surface area contributed by atoms with Gasteiger partial charge in [0, 0.05) is 33.4 Å². The molecule has 2 heteroatoms. The number of hydrogen-bond acceptors (Lipinski definition) is 1. The van der Waals surface area contributed by atoms with Crippen LogP contribution in [0.1, 0.15) is 13.8 Å². The van der Waals surface area contributed by atoms with Crippen LogP contribution in [0, 0.1) is 0 Å². The number of allylic oxidation sites excluding steroid dienone is 3. The maximum atomic E-state index is 2.39. The van der Waals surface area contributed by atoms with Crippen LogP contribution in [0.4, 0.5) is 11.4 Å². The van der Waals surface area contributed by atoms with E-state index >= 15 is 0 Å². The zero-order valence-electron chi connectivity index (χ0n) is 25.1. The standard InChI is InChI=1S/C42H34N2/c1-3-15-34(4-2)43(35-26-24-32(25-27-35)31-16-7-5-8-17-31)42-29-28-36(30-39(42)33-18-9-6-10-19-33)44-40-22-13-11-20-37(40)38-21-12-14-23-41(38)44/h3-30H,1-2H3/b15-3-,34-4+. The second kappa shape index (κ2) is 11.9. The fraction of sp³-hybridized carbons (Fsp3) is 0.0476. The van der Waals surface area contributed by atoms with Crippen molar-refractivity contribution in [2.75, 3.05) is 4.90 Å². The molecule has 0 aliphatic rings. The highest BCUT2D eigenvalue weighted by molar-refractivity contribution is 6.09. The lowest BCUT2D eigenvalue weighted by Gasteiger charge is -2.29. The molecular weight excluding hydrogens is 532 g/mol. The third kappa shape index (κ3) is 4.91. The summed E-state index contributed by atoms with van der Waals surface area (Å²) in [7, 11) is 0. The molecule has 7 rings (SSSR count). The lowest BCUT2D eigenvalue weighted by molar-refractivity contribution is 1.16. The van der Waals surface area contributed by atoms with Gasteiger partial charge in [0.05, 0.1) is 16.7 Å². The van der Waals surface area contributed by atoms with Crippen LogP contribution in [0.2, 0.25) is 0 Å². The Kier molecular flexibility index (Phi) is 7.40. The summed E-state index contributed by atoms with van der Waals surface area (Å²) < 4.78 is 2.39. The van der Waals surface area contributed by atoms with Gasteiger partial charge in [0.15, 0.2) is 0 Å². The van der Waals surface area contributed by atoms with E-state index in [0.29, 0.717) is 0 Å². The summed E-state index contributed by atoms with van der Waals surface area (Å²) in [5, 5.41) is 2.52. The number of aromatic nitrogens is 1. The smallest absolute Gasteiger partial charge is 0.0541 e. The Hall–Kier alpha value is -5.60. The molecule has 0 unspecified atom stereocenters. The Morgan fingerprint density at radius 3 is 1.68 bits per heavy atom. The molecule has 0 atom stereocenters. The van der Waals surface area contributed by atoms with Crippen molar-refractivity contribution in [3.8, 4) is 27.9 Å². The molecule has 0 fully saturated rings. The van der Waals surface area contributed by atoms with Crippen LogP contribution in [0.25, 0.3) is 49.7 Å². The van der Waals surface area contributed by atoms with Gasteiger partial charge in [0.25, 0.3) is 0 Å². The molecule has 0 saturated heterocycles. The topological polar surface area (TPSA) is 8.17 Å². The maximum Gasteiger partial charge on any atom is 0.0541 e. The van der Waals surface area contributed by atoms with Gasteiger partial charge in [-0.15, -0.1) is 0 Å². The molecule has 0 N–H and O–H groups in total. The van der Waals surface area contributed by atoms with Gasteiger partial charge in [0.1, 0.15) is 0 Å². The summed E-state index contributed by atoms with van der Waals surface area (Å²) >= 11 is 0. The minimum atomic E-state index is 1.11. The predicted molar refractivity (Wildman–Crippen MR) is 189 cm³/mol. The first kappa shape index (κ1) is 27.2. The predicted octanol–water partition coefficient (Wildman–Crippen LogP) is 11.7. The zero-order chi connectivity index (χ0) is 29.9. The Labute approximate surface area is 259 Å². The number of rotatable bonds is 7. The highest BCUT2D eigenvalue weighted by Gasteiger charge is 2.20. The second-order valence-electron chi connectivity index (χ2n) is 10.9. The number of benzene rings is 6. The molecule has 0 bridgehead atoms. The summed E-state index contributed by atoms with van der Waals surface area (Å²) in [6.45, 7) is 4.18. The molecule has 1 aromatic heterocycles. The van der Waals surface area contributed by atoms with Gasteiger partial charge in [-0.3, -0.25) is 0 Å². The van der Waals surface area contributed by atoms with Crippen LogP contribution in [0.5, 0.6) is 0 Å². The highest BCUT2D eigenvalue weighted by Crippen LogP contribution is 2.41. The third-order valence-electron chi connectivity index (χ3n) is 8.27. The lowest BCUT2D eigenvalue weighted by Crippen LogP contribution is -2.16. The van der Waals surface area contributed by atoms with E-state index in [4.69, 9.17) is 0 Å². The number of hydrogen-bond donors (Lipinski definition) is 0. The molecule has 2 nitrogen and oxygen atoms in total. The molecular formula is C42H34N2. The molecule has 0 saturated carbocycles. The number of anilines is 2. The normalized spacial score (nSPS) is 11.9. The van der Waals surface area contributed by atoms with Crippen LogP contribution in [-0.4, -0.2) is 4.57 Å². The van der Waals surface area contributed by atoms with Gasteiger partial charge in [-0.05, 0) is 79.1 Å². The average Bonchev–Trinajstić information content (AvgIpc) is 3.43. The number of para-hydroxylation sites is 2. The van der Waals surface area contributed by atoms with Crippen molar-refractivity contribution in [2.24, 2.45) is 0 Å². The van der Waals surface area contributed by atoms with Gasteiger partial charge in [-0.2, -0.15) is 0 Å². The van der Waals surface area contributed by atoms with Crippen molar-refractivity contribution in [2.45, 2.75) is 13.8 Å². The average molecular weight is 567 g/mol. The van der Waals surface area contributed by atoms with E-state index < -0.39 is 0 Å².